The number of halogens is 1. The van der Waals surface area contributed by atoms with Gasteiger partial charge in [-0.2, -0.15) is 4.31 Å². The lowest BCUT2D eigenvalue weighted by atomic mass is 10.2. The van der Waals surface area contributed by atoms with Gasteiger partial charge in [-0.05, 0) is 24.8 Å². The van der Waals surface area contributed by atoms with Crippen molar-refractivity contribution >= 4 is 21.6 Å². The number of hydrogen-bond donors (Lipinski definition) is 0. The van der Waals surface area contributed by atoms with Gasteiger partial charge in [0, 0.05) is 31.5 Å². The van der Waals surface area contributed by atoms with Crippen LogP contribution in [0.4, 0.5) is 0 Å². The predicted molar refractivity (Wildman–Crippen MR) is 76.8 cm³/mol. The van der Waals surface area contributed by atoms with E-state index in [-0.39, 0.29) is 0 Å². The molecule has 0 aliphatic carbocycles. The van der Waals surface area contributed by atoms with E-state index in [0.717, 1.165) is 25.1 Å². The highest BCUT2D eigenvalue weighted by Crippen LogP contribution is 2.26. The van der Waals surface area contributed by atoms with Crippen molar-refractivity contribution < 1.29 is 8.42 Å². The fourth-order valence-electron chi connectivity index (χ4n) is 2.49. The quantitative estimate of drug-likeness (QED) is 0.785. The van der Waals surface area contributed by atoms with Gasteiger partial charge < -0.3 is 4.57 Å². The Bertz CT molecular complexity index is 539. The summed E-state index contributed by atoms with van der Waals surface area (Å²) in [4.78, 5) is 0.380. The number of nitrogens with zero attached hydrogens (tertiary/aromatic N) is 2. The second-order valence-electron chi connectivity index (χ2n) is 5.25. The second-order valence-corrected chi connectivity index (χ2v) is 7.46. The Hall–Kier alpha value is -0.520. The maximum Gasteiger partial charge on any atom is 0.244 e. The topological polar surface area (TPSA) is 42.3 Å². The summed E-state index contributed by atoms with van der Waals surface area (Å²) >= 11 is 5.88. The monoisotopic (exact) mass is 304 g/mol. The number of alkyl halides is 1. The van der Waals surface area contributed by atoms with Gasteiger partial charge in [0.15, 0.2) is 0 Å². The summed E-state index contributed by atoms with van der Waals surface area (Å²) in [5.74, 6) is 0.784. The molecule has 0 spiro atoms. The van der Waals surface area contributed by atoms with Crippen molar-refractivity contribution in [2.75, 3.05) is 13.1 Å². The smallest absolute Gasteiger partial charge is 0.244 e. The Morgan fingerprint density at radius 1 is 1.47 bits per heavy atom. The molecule has 1 unspecified atom stereocenters. The van der Waals surface area contributed by atoms with Crippen LogP contribution in [0.5, 0.6) is 0 Å². The van der Waals surface area contributed by atoms with Crippen molar-refractivity contribution in [2.45, 2.75) is 44.0 Å². The van der Waals surface area contributed by atoms with E-state index in [1.54, 1.807) is 16.6 Å². The van der Waals surface area contributed by atoms with Crippen molar-refractivity contribution in [3.63, 3.8) is 0 Å². The largest absolute Gasteiger partial charge is 0.349 e. The van der Waals surface area contributed by atoms with Crippen LogP contribution in [0.15, 0.2) is 17.2 Å². The van der Waals surface area contributed by atoms with E-state index < -0.39 is 10.0 Å². The van der Waals surface area contributed by atoms with Crippen LogP contribution in [0.3, 0.4) is 0 Å². The van der Waals surface area contributed by atoms with Gasteiger partial charge in [0.1, 0.15) is 4.90 Å². The minimum absolute atomic E-state index is 0.339. The highest BCUT2D eigenvalue weighted by Gasteiger charge is 2.31. The summed E-state index contributed by atoms with van der Waals surface area (Å²) < 4.78 is 28.6. The Labute approximate surface area is 120 Å². The SMILES string of the molecule is CCCn1cc(S(=O)(=O)N2CCC(C)C2)cc1CCl. The van der Waals surface area contributed by atoms with Crippen molar-refractivity contribution in [3.8, 4) is 0 Å². The molecule has 0 bridgehead atoms. The van der Waals surface area contributed by atoms with Crippen LogP contribution in [-0.2, 0) is 22.4 Å². The van der Waals surface area contributed by atoms with E-state index >= 15 is 0 Å². The lowest BCUT2D eigenvalue weighted by molar-refractivity contribution is 0.464. The molecule has 1 aliphatic heterocycles. The zero-order valence-corrected chi connectivity index (χ0v) is 13.0. The minimum Gasteiger partial charge on any atom is -0.349 e. The van der Waals surface area contributed by atoms with Crippen LogP contribution in [0.2, 0.25) is 0 Å². The fraction of sp³-hybridized carbons (Fsp3) is 0.692. The fourth-order valence-corrected chi connectivity index (χ4v) is 4.36. The maximum atomic E-state index is 12.5. The van der Waals surface area contributed by atoms with Crippen molar-refractivity contribution in [2.24, 2.45) is 5.92 Å². The first-order chi connectivity index (χ1) is 8.98. The van der Waals surface area contributed by atoms with Crippen LogP contribution in [0, 0.1) is 5.92 Å². The van der Waals surface area contributed by atoms with Crippen LogP contribution in [0.1, 0.15) is 32.4 Å². The molecule has 1 aromatic rings. The maximum absolute atomic E-state index is 12.5. The van der Waals surface area contributed by atoms with E-state index in [1.807, 2.05) is 4.57 Å². The third kappa shape index (κ3) is 2.98. The van der Waals surface area contributed by atoms with Gasteiger partial charge in [0.05, 0.1) is 5.88 Å². The Kier molecular flexibility index (Phi) is 4.58. The number of sulfonamides is 1. The lowest BCUT2D eigenvalue weighted by Crippen LogP contribution is -2.28. The molecular formula is C13H21ClN2O2S. The molecule has 2 rings (SSSR count). The molecule has 0 N–H and O–H groups in total. The molecule has 2 heterocycles. The summed E-state index contributed by atoms with van der Waals surface area (Å²) in [7, 11) is -3.35. The van der Waals surface area contributed by atoms with Crippen LogP contribution < -0.4 is 0 Å². The van der Waals surface area contributed by atoms with Gasteiger partial charge in [-0.3, -0.25) is 0 Å². The average molecular weight is 305 g/mol. The third-order valence-corrected chi connectivity index (χ3v) is 5.69. The number of hydrogen-bond acceptors (Lipinski definition) is 2. The van der Waals surface area contributed by atoms with Crippen LogP contribution in [0.25, 0.3) is 0 Å². The molecule has 1 saturated heterocycles. The van der Waals surface area contributed by atoms with Gasteiger partial charge in [-0.15, -0.1) is 11.6 Å². The number of aromatic nitrogens is 1. The predicted octanol–water partition coefficient (Wildman–Crippen LogP) is 2.67. The molecule has 0 radical (unpaired) electrons. The first-order valence-corrected chi connectivity index (χ1v) is 8.71. The molecule has 19 heavy (non-hydrogen) atoms. The van der Waals surface area contributed by atoms with E-state index in [4.69, 9.17) is 11.6 Å². The molecule has 1 atom stereocenters. The van der Waals surface area contributed by atoms with Crippen molar-refractivity contribution in [3.05, 3.63) is 18.0 Å². The molecule has 1 aliphatic rings. The molecule has 6 heteroatoms. The average Bonchev–Trinajstić information content (AvgIpc) is 2.96. The van der Waals surface area contributed by atoms with Gasteiger partial charge in [-0.1, -0.05) is 13.8 Å². The molecule has 0 aromatic carbocycles. The van der Waals surface area contributed by atoms with E-state index in [1.165, 1.54) is 0 Å². The molecule has 1 fully saturated rings. The summed E-state index contributed by atoms with van der Waals surface area (Å²) in [6.07, 6.45) is 3.62. The van der Waals surface area contributed by atoms with Gasteiger partial charge >= 0.3 is 0 Å². The molecule has 0 saturated carbocycles. The van der Waals surface area contributed by atoms with E-state index in [0.29, 0.717) is 29.8 Å². The molecule has 108 valence electrons. The van der Waals surface area contributed by atoms with Crippen molar-refractivity contribution in [1.29, 1.82) is 0 Å². The zero-order chi connectivity index (χ0) is 14.0. The van der Waals surface area contributed by atoms with Gasteiger partial charge in [0.25, 0.3) is 0 Å². The van der Waals surface area contributed by atoms with Gasteiger partial charge in [-0.25, -0.2) is 8.42 Å². The van der Waals surface area contributed by atoms with Crippen LogP contribution in [-0.4, -0.2) is 30.4 Å². The van der Waals surface area contributed by atoms with Crippen LogP contribution >= 0.6 is 11.6 Å². The second kappa shape index (κ2) is 5.85. The summed E-state index contributed by atoms with van der Waals surface area (Å²) in [5, 5.41) is 0. The normalized spacial score (nSPS) is 21.1. The highest BCUT2D eigenvalue weighted by molar-refractivity contribution is 7.89. The number of rotatable bonds is 5. The number of aryl methyl sites for hydroxylation is 1. The minimum atomic E-state index is -3.35. The van der Waals surface area contributed by atoms with E-state index in [9.17, 15) is 8.42 Å². The summed E-state index contributed by atoms with van der Waals surface area (Å²) in [6.45, 7) is 6.19. The van der Waals surface area contributed by atoms with E-state index in [2.05, 4.69) is 13.8 Å². The zero-order valence-electron chi connectivity index (χ0n) is 11.5. The molecule has 4 nitrogen and oxygen atoms in total. The third-order valence-electron chi connectivity index (χ3n) is 3.59. The standard InChI is InChI=1S/C13H21ClN2O2S/c1-3-5-15-10-13(7-12(15)8-14)19(17,18)16-6-4-11(2)9-16/h7,10-11H,3-6,8-9H2,1-2H3. The van der Waals surface area contributed by atoms with Gasteiger partial charge in [0.2, 0.25) is 10.0 Å². The molecule has 1 aromatic heterocycles. The summed E-state index contributed by atoms with van der Waals surface area (Å²) in [5.41, 5.74) is 0.870. The Morgan fingerprint density at radius 3 is 2.74 bits per heavy atom. The first kappa shape index (κ1) is 14.9. The lowest BCUT2D eigenvalue weighted by Gasteiger charge is -2.14. The molecule has 0 amide bonds. The Morgan fingerprint density at radius 2 is 2.21 bits per heavy atom. The highest BCUT2D eigenvalue weighted by atomic mass is 35.5. The first-order valence-electron chi connectivity index (χ1n) is 6.74. The molecular weight excluding hydrogens is 284 g/mol. The summed E-state index contributed by atoms with van der Waals surface area (Å²) in [6, 6.07) is 1.71. The van der Waals surface area contributed by atoms with Crippen molar-refractivity contribution in [1.82, 2.24) is 8.87 Å². The Balaban J connectivity index is 2.30.